The van der Waals surface area contributed by atoms with E-state index >= 15 is 0 Å². The van der Waals surface area contributed by atoms with Gasteiger partial charge in [0.05, 0.1) is 11.4 Å². The second kappa shape index (κ2) is 3.61. The summed E-state index contributed by atoms with van der Waals surface area (Å²) < 4.78 is 1.89. The minimum Gasteiger partial charge on any atom is -0.367 e. The number of hydrogen-bond donors (Lipinski definition) is 1. The standard InChI is InChI=1S/C10H18N4/c1-8-10(7-13(3)12-8)14-5-4-9(6-14)11-2/h7,9,11H,4-6H2,1-3H3. The van der Waals surface area contributed by atoms with Gasteiger partial charge in [-0.15, -0.1) is 0 Å². The maximum absolute atomic E-state index is 4.36. The number of rotatable bonds is 2. The van der Waals surface area contributed by atoms with Crippen molar-refractivity contribution >= 4 is 5.69 Å². The zero-order chi connectivity index (χ0) is 10.1. The van der Waals surface area contributed by atoms with E-state index in [1.165, 1.54) is 12.1 Å². The SMILES string of the molecule is CNC1CCN(c2cn(C)nc2C)C1. The van der Waals surface area contributed by atoms with E-state index in [1.807, 2.05) is 18.8 Å². The highest BCUT2D eigenvalue weighted by atomic mass is 15.3. The average Bonchev–Trinajstić information content (AvgIpc) is 2.71. The molecule has 0 spiro atoms. The van der Waals surface area contributed by atoms with Gasteiger partial charge in [0.2, 0.25) is 0 Å². The van der Waals surface area contributed by atoms with Crippen molar-refractivity contribution in [2.24, 2.45) is 7.05 Å². The Morgan fingerprint density at radius 3 is 2.86 bits per heavy atom. The van der Waals surface area contributed by atoms with Gasteiger partial charge in [-0.2, -0.15) is 5.10 Å². The van der Waals surface area contributed by atoms with Crippen LogP contribution in [0, 0.1) is 6.92 Å². The highest BCUT2D eigenvalue weighted by Crippen LogP contribution is 2.22. The van der Waals surface area contributed by atoms with Crippen LogP contribution in [0.15, 0.2) is 6.20 Å². The summed E-state index contributed by atoms with van der Waals surface area (Å²) in [7, 11) is 4.01. The zero-order valence-electron chi connectivity index (χ0n) is 9.12. The largest absolute Gasteiger partial charge is 0.367 e. The number of aryl methyl sites for hydroxylation is 2. The molecule has 2 heterocycles. The van der Waals surface area contributed by atoms with Crippen LogP contribution in [0.5, 0.6) is 0 Å². The van der Waals surface area contributed by atoms with Crippen LogP contribution in [0.3, 0.4) is 0 Å². The molecule has 0 aromatic carbocycles. The van der Waals surface area contributed by atoms with Gasteiger partial charge in [-0.25, -0.2) is 0 Å². The maximum atomic E-state index is 4.36. The molecule has 0 aliphatic carbocycles. The molecule has 78 valence electrons. The topological polar surface area (TPSA) is 33.1 Å². The molecule has 2 rings (SSSR count). The molecule has 1 aliphatic rings. The Bertz CT molecular complexity index is 318. The Balaban J connectivity index is 2.13. The smallest absolute Gasteiger partial charge is 0.0827 e. The number of anilines is 1. The third-order valence-electron chi connectivity index (χ3n) is 2.92. The van der Waals surface area contributed by atoms with Gasteiger partial charge < -0.3 is 10.2 Å². The Hall–Kier alpha value is -1.03. The highest BCUT2D eigenvalue weighted by Gasteiger charge is 2.23. The molecule has 0 radical (unpaired) electrons. The van der Waals surface area contributed by atoms with Crippen molar-refractivity contribution in [2.75, 3.05) is 25.0 Å². The van der Waals surface area contributed by atoms with Gasteiger partial charge in [0, 0.05) is 32.4 Å². The normalized spacial score (nSPS) is 21.9. The summed E-state index contributed by atoms with van der Waals surface area (Å²) in [6.45, 7) is 4.31. The highest BCUT2D eigenvalue weighted by molar-refractivity contribution is 5.49. The van der Waals surface area contributed by atoms with E-state index in [1.54, 1.807) is 0 Å². The lowest BCUT2D eigenvalue weighted by atomic mass is 10.3. The molecule has 0 saturated carbocycles. The van der Waals surface area contributed by atoms with Crippen molar-refractivity contribution in [3.63, 3.8) is 0 Å². The van der Waals surface area contributed by atoms with Gasteiger partial charge in [0.15, 0.2) is 0 Å². The van der Waals surface area contributed by atoms with Gasteiger partial charge in [-0.3, -0.25) is 4.68 Å². The van der Waals surface area contributed by atoms with Crippen molar-refractivity contribution in [3.8, 4) is 0 Å². The van der Waals surface area contributed by atoms with Crippen molar-refractivity contribution in [1.82, 2.24) is 15.1 Å². The van der Waals surface area contributed by atoms with Crippen LogP contribution in [0.25, 0.3) is 0 Å². The van der Waals surface area contributed by atoms with Crippen LogP contribution in [0.2, 0.25) is 0 Å². The summed E-state index contributed by atoms with van der Waals surface area (Å²) in [5.41, 5.74) is 2.41. The van der Waals surface area contributed by atoms with E-state index in [9.17, 15) is 0 Å². The molecule has 4 nitrogen and oxygen atoms in total. The lowest BCUT2D eigenvalue weighted by Crippen LogP contribution is -2.29. The molecule has 1 N–H and O–H groups in total. The monoisotopic (exact) mass is 194 g/mol. The number of nitrogens with zero attached hydrogens (tertiary/aromatic N) is 3. The molecule has 1 aromatic heterocycles. The molecular weight excluding hydrogens is 176 g/mol. The van der Waals surface area contributed by atoms with Crippen molar-refractivity contribution in [3.05, 3.63) is 11.9 Å². The lowest BCUT2D eigenvalue weighted by molar-refractivity contribution is 0.617. The van der Waals surface area contributed by atoms with Crippen molar-refractivity contribution < 1.29 is 0 Å². The van der Waals surface area contributed by atoms with E-state index in [0.29, 0.717) is 6.04 Å². The van der Waals surface area contributed by atoms with Gasteiger partial charge in [-0.1, -0.05) is 0 Å². The van der Waals surface area contributed by atoms with Gasteiger partial charge >= 0.3 is 0 Å². The number of nitrogens with one attached hydrogen (secondary N) is 1. The summed E-state index contributed by atoms with van der Waals surface area (Å²) in [6, 6.07) is 0.634. The Labute approximate surface area is 84.9 Å². The van der Waals surface area contributed by atoms with Gasteiger partial charge in [0.25, 0.3) is 0 Å². The number of likely N-dealkylation sites (N-methyl/N-ethyl adjacent to an activating group) is 1. The van der Waals surface area contributed by atoms with Crippen LogP contribution in [0.4, 0.5) is 5.69 Å². The third kappa shape index (κ3) is 1.62. The second-order valence-electron chi connectivity index (χ2n) is 3.99. The average molecular weight is 194 g/mol. The van der Waals surface area contributed by atoms with E-state index < -0.39 is 0 Å². The lowest BCUT2D eigenvalue weighted by Gasteiger charge is -2.16. The van der Waals surface area contributed by atoms with Crippen LogP contribution < -0.4 is 10.2 Å². The maximum Gasteiger partial charge on any atom is 0.0827 e. The molecular formula is C10H18N4. The van der Waals surface area contributed by atoms with Gasteiger partial charge in [-0.05, 0) is 20.4 Å². The molecule has 14 heavy (non-hydrogen) atoms. The molecule has 1 aromatic rings. The summed E-state index contributed by atoms with van der Waals surface area (Å²) in [6.07, 6.45) is 3.33. The van der Waals surface area contributed by atoms with Crippen molar-refractivity contribution in [2.45, 2.75) is 19.4 Å². The first-order valence-corrected chi connectivity index (χ1v) is 5.13. The summed E-state index contributed by atoms with van der Waals surface area (Å²) in [4.78, 5) is 2.41. The summed E-state index contributed by atoms with van der Waals surface area (Å²) >= 11 is 0. The molecule has 1 atom stereocenters. The fourth-order valence-corrected chi connectivity index (χ4v) is 2.11. The predicted octanol–water partition coefficient (Wildman–Crippen LogP) is 0.527. The Morgan fingerprint density at radius 1 is 1.57 bits per heavy atom. The first-order valence-electron chi connectivity index (χ1n) is 5.13. The quantitative estimate of drug-likeness (QED) is 0.745. The Morgan fingerprint density at radius 2 is 2.36 bits per heavy atom. The summed E-state index contributed by atoms with van der Waals surface area (Å²) in [5, 5.41) is 7.68. The molecule has 1 fully saturated rings. The summed E-state index contributed by atoms with van der Waals surface area (Å²) in [5.74, 6) is 0. The predicted molar refractivity (Wildman–Crippen MR) is 57.6 cm³/mol. The molecule has 1 saturated heterocycles. The third-order valence-corrected chi connectivity index (χ3v) is 2.92. The van der Waals surface area contributed by atoms with Crippen molar-refractivity contribution in [1.29, 1.82) is 0 Å². The molecule has 0 bridgehead atoms. The number of aromatic nitrogens is 2. The van der Waals surface area contributed by atoms with Crippen LogP contribution in [-0.2, 0) is 7.05 Å². The van der Waals surface area contributed by atoms with E-state index in [4.69, 9.17) is 0 Å². The molecule has 4 heteroatoms. The van der Waals surface area contributed by atoms with Gasteiger partial charge in [0.1, 0.15) is 0 Å². The van der Waals surface area contributed by atoms with Crippen LogP contribution in [-0.4, -0.2) is 36.0 Å². The van der Waals surface area contributed by atoms with Crippen LogP contribution in [0.1, 0.15) is 12.1 Å². The van der Waals surface area contributed by atoms with Crippen LogP contribution >= 0.6 is 0 Å². The first kappa shape index (κ1) is 9.52. The van der Waals surface area contributed by atoms with E-state index in [2.05, 4.69) is 28.4 Å². The van der Waals surface area contributed by atoms with E-state index in [0.717, 1.165) is 18.8 Å². The Kier molecular flexibility index (Phi) is 2.46. The zero-order valence-corrected chi connectivity index (χ0v) is 9.12. The fourth-order valence-electron chi connectivity index (χ4n) is 2.11. The first-order chi connectivity index (χ1) is 6.70. The fraction of sp³-hybridized carbons (Fsp3) is 0.700. The minimum atomic E-state index is 0.634. The molecule has 1 aliphatic heterocycles. The number of hydrogen-bond acceptors (Lipinski definition) is 3. The second-order valence-corrected chi connectivity index (χ2v) is 3.99. The van der Waals surface area contributed by atoms with E-state index in [-0.39, 0.29) is 0 Å². The molecule has 1 unspecified atom stereocenters. The molecule has 0 amide bonds. The minimum absolute atomic E-state index is 0.634.